The Morgan fingerprint density at radius 2 is 2.06 bits per heavy atom. The van der Waals surface area contributed by atoms with E-state index in [1.165, 1.54) is 0 Å². The van der Waals surface area contributed by atoms with E-state index in [1.54, 1.807) is 0 Å². The zero-order valence-electron chi connectivity index (χ0n) is 10.3. The zero-order chi connectivity index (χ0) is 12.5. The lowest BCUT2D eigenvalue weighted by Gasteiger charge is -2.35. The van der Waals surface area contributed by atoms with Crippen LogP contribution in [0.25, 0.3) is 0 Å². The molecule has 1 aliphatic heterocycles. The third-order valence-electron chi connectivity index (χ3n) is 3.45. The SMILES string of the molecule is CC(CN1CCS(=O)CC1)(NC1CC1)C(N)=O. The van der Waals surface area contributed by atoms with Crippen LogP contribution in [-0.4, -0.2) is 57.7 Å². The minimum atomic E-state index is -0.677. The summed E-state index contributed by atoms with van der Waals surface area (Å²) in [6.07, 6.45) is 2.26. The molecule has 17 heavy (non-hydrogen) atoms. The van der Waals surface area contributed by atoms with Gasteiger partial charge in [-0.1, -0.05) is 0 Å². The average molecular weight is 259 g/mol. The fourth-order valence-corrected chi connectivity index (χ4v) is 3.28. The van der Waals surface area contributed by atoms with Gasteiger partial charge in [0.2, 0.25) is 5.91 Å². The molecule has 3 N–H and O–H groups in total. The van der Waals surface area contributed by atoms with E-state index in [4.69, 9.17) is 5.73 Å². The van der Waals surface area contributed by atoms with E-state index < -0.39 is 16.3 Å². The Bertz CT molecular complexity index is 323. The maximum Gasteiger partial charge on any atom is 0.238 e. The van der Waals surface area contributed by atoms with Crippen LogP contribution in [0.15, 0.2) is 0 Å². The first kappa shape index (κ1) is 13.0. The molecule has 1 unspecified atom stereocenters. The topological polar surface area (TPSA) is 75.4 Å². The van der Waals surface area contributed by atoms with Gasteiger partial charge in [0.25, 0.3) is 0 Å². The highest BCUT2D eigenvalue weighted by Gasteiger charge is 2.38. The third kappa shape index (κ3) is 3.50. The van der Waals surface area contributed by atoms with E-state index in [-0.39, 0.29) is 5.91 Å². The van der Waals surface area contributed by atoms with Gasteiger partial charge >= 0.3 is 0 Å². The lowest BCUT2D eigenvalue weighted by atomic mass is 10.0. The smallest absolute Gasteiger partial charge is 0.238 e. The van der Waals surface area contributed by atoms with Crippen LogP contribution in [0, 0.1) is 0 Å². The van der Waals surface area contributed by atoms with Gasteiger partial charge in [0.15, 0.2) is 0 Å². The molecule has 0 aromatic rings. The molecule has 5 nitrogen and oxygen atoms in total. The summed E-state index contributed by atoms with van der Waals surface area (Å²) >= 11 is 0. The first-order chi connectivity index (χ1) is 7.99. The Morgan fingerprint density at radius 1 is 1.47 bits per heavy atom. The molecule has 1 atom stereocenters. The maximum atomic E-state index is 11.6. The van der Waals surface area contributed by atoms with Gasteiger partial charge in [0.1, 0.15) is 5.54 Å². The predicted molar refractivity (Wildman–Crippen MR) is 68.1 cm³/mol. The number of nitrogens with zero attached hydrogens (tertiary/aromatic N) is 1. The molecule has 98 valence electrons. The molecule has 6 heteroatoms. The number of carbonyl (C=O) groups excluding carboxylic acids is 1. The molecular formula is C11H21N3O2S. The Morgan fingerprint density at radius 3 is 2.53 bits per heavy atom. The van der Waals surface area contributed by atoms with Crippen molar-refractivity contribution in [1.82, 2.24) is 10.2 Å². The summed E-state index contributed by atoms with van der Waals surface area (Å²) in [7, 11) is -0.677. The molecule has 2 aliphatic rings. The molecule has 0 bridgehead atoms. The van der Waals surface area contributed by atoms with Crippen LogP contribution in [0.2, 0.25) is 0 Å². The number of rotatable bonds is 5. The monoisotopic (exact) mass is 259 g/mol. The van der Waals surface area contributed by atoms with E-state index in [0.29, 0.717) is 24.1 Å². The first-order valence-corrected chi connectivity index (χ1v) is 7.63. The summed E-state index contributed by atoms with van der Waals surface area (Å²) in [5, 5.41) is 3.33. The number of amides is 1. The summed E-state index contributed by atoms with van der Waals surface area (Å²) in [6, 6.07) is 0.450. The molecule has 0 aromatic carbocycles. The Balaban J connectivity index is 1.92. The van der Waals surface area contributed by atoms with Gasteiger partial charge < -0.3 is 5.73 Å². The van der Waals surface area contributed by atoms with Crippen LogP contribution in [-0.2, 0) is 15.6 Å². The van der Waals surface area contributed by atoms with E-state index in [2.05, 4.69) is 10.2 Å². The molecule has 1 heterocycles. The van der Waals surface area contributed by atoms with E-state index in [0.717, 1.165) is 25.9 Å². The quantitative estimate of drug-likeness (QED) is 0.667. The van der Waals surface area contributed by atoms with Crippen molar-refractivity contribution in [3.05, 3.63) is 0 Å². The summed E-state index contributed by atoms with van der Waals surface area (Å²) in [6.45, 7) is 4.08. The number of primary amides is 1. The van der Waals surface area contributed by atoms with Gasteiger partial charge in [-0.2, -0.15) is 0 Å². The summed E-state index contributed by atoms with van der Waals surface area (Å²) in [5.74, 6) is 1.12. The number of hydrogen-bond donors (Lipinski definition) is 2. The molecule has 1 saturated carbocycles. The van der Waals surface area contributed by atoms with E-state index in [9.17, 15) is 9.00 Å². The minimum Gasteiger partial charge on any atom is -0.368 e. The van der Waals surface area contributed by atoms with Gasteiger partial charge in [-0.15, -0.1) is 0 Å². The van der Waals surface area contributed by atoms with Crippen molar-refractivity contribution in [2.75, 3.05) is 31.1 Å². The van der Waals surface area contributed by atoms with Gasteiger partial charge in [-0.25, -0.2) is 0 Å². The van der Waals surface area contributed by atoms with Gasteiger partial charge in [-0.3, -0.25) is 19.2 Å². The molecule has 1 amide bonds. The average Bonchev–Trinajstić information content (AvgIpc) is 3.05. The Kier molecular flexibility index (Phi) is 3.85. The highest BCUT2D eigenvalue weighted by atomic mass is 32.2. The van der Waals surface area contributed by atoms with Crippen molar-refractivity contribution in [3.8, 4) is 0 Å². The van der Waals surface area contributed by atoms with E-state index >= 15 is 0 Å². The lowest BCUT2D eigenvalue weighted by molar-refractivity contribution is -0.124. The second-order valence-electron chi connectivity index (χ2n) is 5.24. The van der Waals surface area contributed by atoms with Crippen molar-refractivity contribution >= 4 is 16.7 Å². The second-order valence-corrected chi connectivity index (χ2v) is 6.94. The molecule has 1 saturated heterocycles. The maximum absolute atomic E-state index is 11.6. The number of hydrogen-bond acceptors (Lipinski definition) is 4. The highest BCUT2D eigenvalue weighted by molar-refractivity contribution is 7.85. The van der Waals surface area contributed by atoms with Crippen molar-refractivity contribution in [2.24, 2.45) is 5.73 Å². The third-order valence-corrected chi connectivity index (χ3v) is 4.73. The Hall–Kier alpha value is -0.460. The Labute approximate surface area is 105 Å². The van der Waals surface area contributed by atoms with Gasteiger partial charge in [0, 0.05) is 48.0 Å². The molecule has 0 aromatic heterocycles. The number of nitrogens with two attached hydrogens (primary N) is 1. The van der Waals surface area contributed by atoms with Crippen molar-refractivity contribution in [2.45, 2.75) is 31.3 Å². The summed E-state index contributed by atoms with van der Waals surface area (Å²) in [4.78, 5) is 13.8. The molecule has 1 aliphatic carbocycles. The zero-order valence-corrected chi connectivity index (χ0v) is 11.1. The minimum absolute atomic E-state index is 0.295. The highest BCUT2D eigenvalue weighted by Crippen LogP contribution is 2.23. The van der Waals surface area contributed by atoms with Gasteiger partial charge in [0.05, 0.1) is 0 Å². The summed E-state index contributed by atoms with van der Waals surface area (Å²) < 4.78 is 11.3. The fourth-order valence-electron chi connectivity index (χ4n) is 2.15. The first-order valence-electron chi connectivity index (χ1n) is 6.14. The van der Waals surface area contributed by atoms with Crippen LogP contribution in [0.5, 0.6) is 0 Å². The molecule has 0 radical (unpaired) electrons. The lowest BCUT2D eigenvalue weighted by Crippen LogP contribution is -2.61. The van der Waals surface area contributed by atoms with Crippen molar-refractivity contribution in [3.63, 3.8) is 0 Å². The molecule has 2 fully saturated rings. The fraction of sp³-hybridized carbons (Fsp3) is 0.909. The summed E-state index contributed by atoms with van der Waals surface area (Å²) in [5.41, 5.74) is 4.85. The standard InChI is InChI=1S/C11H21N3O2S/c1-11(10(12)15,13-9-2-3-9)8-14-4-6-17(16)7-5-14/h9,13H,2-8H2,1H3,(H2,12,15). The van der Waals surface area contributed by atoms with Crippen LogP contribution in [0.3, 0.4) is 0 Å². The van der Waals surface area contributed by atoms with Gasteiger partial charge in [-0.05, 0) is 19.8 Å². The largest absolute Gasteiger partial charge is 0.368 e. The number of nitrogens with one attached hydrogen (secondary N) is 1. The van der Waals surface area contributed by atoms with Crippen LogP contribution in [0.4, 0.5) is 0 Å². The van der Waals surface area contributed by atoms with E-state index in [1.807, 2.05) is 6.92 Å². The van der Waals surface area contributed by atoms with Crippen molar-refractivity contribution in [1.29, 1.82) is 0 Å². The van der Waals surface area contributed by atoms with Crippen LogP contribution < -0.4 is 11.1 Å². The molecular weight excluding hydrogens is 238 g/mol. The van der Waals surface area contributed by atoms with Crippen LogP contribution in [0.1, 0.15) is 19.8 Å². The van der Waals surface area contributed by atoms with Crippen LogP contribution >= 0.6 is 0 Å². The molecule has 0 spiro atoms. The normalized spacial score (nSPS) is 26.6. The van der Waals surface area contributed by atoms with Crippen molar-refractivity contribution < 1.29 is 9.00 Å². The number of carbonyl (C=O) groups is 1. The molecule has 2 rings (SSSR count). The second kappa shape index (κ2) is 5.04. The predicted octanol–water partition coefficient (Wildman–Crippen LogP) is -0.953.